The van der Waals surface area contributed by atoms with E-state index in [1.807, 2.05) is 30.6 Å². The Morgan fingerprint density at radius 1 is 1.14 bits per heavy atom. The molecule has 0 saturated carbocycles. The molecule has 142 valence electrons. The van der Waals surface area contributed by atoms with Gasteiger partial charge in [-0.15, -0.1) is 0 Å². The molecule has 0 aromatic carbocycles. The molecular weight excluding hydrogens is 370 g/mol. The molecule has 4 aromatic rings. The van der Waals surface area contributed by atoms with Gasteiger partial charge in [0.05, 0.1) is 15.9 Å². The van der Waals surface area contributed by atoms with Crippen LogP contribution < -0.4 is 5.32 Å². The summed E-state index contributed by atoms with van der Waals surface area (Å²) in [6.45, 7) is 5.37. The van der Waals surface area contributed by atoms with Crippen molar-refractivity contribution in [2.45, 2.75) is 26.3 Å². The fourth-order valence-electron chi connectivity index (χ4n) is 3.46. The van der Waals surface area contributed by atoms with Crippen LogP contribution in [0.15, 0.2) is 42.9 Å². The van der Waals surface area contributed by atoms with Gasteiger partial charge in [-0.2, -0.15) is 5.10 Å². The number of rotatable bonds is 5. The lowest BCUT2D eigenvalue weighted by atomic mass is 10.2. The monoisotopic (exact) mass is 391 g/mol. The van der Waals surface area contributed by atoms with Crippen LogP contribution in [0.1, 0.15) is 24.1 Å². The number of nitrogens with zero attached hydrogens (tertiary/aromatic N) is 6. The second-order valence-corrected chi connectivity index (χ2v) is 8.06. The second kappa shape index (κ2) is 7.29. The van der Waals surface area contributed by atoms with Gasteiger partial charge < -0.3 is 5.32 Å². The first kappa shape index (κ1) is 17.3. The first-order valence-electron chi connectivity index (χ1n) is 9.47. The number of aryl methyl sites for hydroxylation is 1. The molecule has 0 unspecified atom stereocenters. The van der Waals surface area contributed by atoms with Gasteiger partial charge in [0.25, 0.3) is 0 Å². The number of nitrogens with one attached hydrogen (secondary N) is 1. The van der Waals surface area contributed by atoms with Crippen LogP contribution in [-0.4, -0.2) is 42.7 Å². The summed E-state index contributed by atoms with van der Waals surface area (Å²) in [7, 11) is 0. The van der Waals surface area contributed by atoms with Gasteiger partial charge in [-0.3, -0.25) is 4.90 Å². The molecule has 0 aliphatic carbocycles. The second-order valence-electron chi connectivity index (χ2n) is 7.05. The van der Waals surface area contributed by atoms with Crippen LogP contribution in [-0.2, 0) is 6.54 Å². The van der Waals surface area contributed by atoms with E-state index in [9.17, 15) is 0 Å². The summed E-state index contributed by atoms with van der Waals surface area (Å²) in [5.41, 5.74) is 3.25. The third kappa shape index (κ3) is 3.48. The quantitative estimate of drug-likeness (QED) is 0.556. The molecule has 0 bridgehead atoms. The van der Waals surface area contributed by atoms with E-state index in [-0.39, 0.29) is 0 Å². The van der Waals surface area contributed by atoms with Gasteiger partial charge in [-0.1, -0.05) is 17.4 Å². The Kier molecular flexibility index (Phi) is 4.50. The van der Waals surface area contributed by atoms with E-state index < -0.39 is 0 Å². The minimum absolute atomic E-state index is 0.744. The number of hydrogen-bond acceptors (Lipinski definition) is 7. The van der Waals surface area contributed by atoms with Crippen molar-refractivity contribution in [2.24, 2.45) is 0 Å². The van der Waals surface area contributed by atoms with Gasteiger partial charge in [0.1, 0.15) is 11.6 Å². The van der Waals surface area contributed by atoms with Crippen LogP contribution in [0.4, 0.5) is 11.6 Å². The summed E-state index contributed by atoms with van der Waals surface area (Å²) in [6.07, 6.45) is 8.06. The number of thiazole rings is 1. The molecule has 7 nitrogen and oxygen atoms in total. The Hall–Kier alpha value is -2.84. The van der Waals surface area contributed by atoms with Gasteiger partial charge in [-0.05, 0) is 50.6 Å². The van der Waals surface area contributed by atoms with Gasteiger partial charge in [0, 0.05) is 31.2 Å². The number of anilines is 2. The minimum atomic E-state index is 0.744. The molecule has 28 heavy (non-hydrogen) atoms. The number of likely N-dealkylation sites (tertiary alicyclic amines) is 1. The van der Waals surface area contributed by atoms with Crippen LogP contribution >= 0.6 is 11.3 Å². The van der Waals surface area contributed by atoms with Gasteiger partial charge in [0.15, 0.2) is 0 Å². The van der Waals surface area contributed by atoms with E-state index in [0.29, 0.717) is 0 Å². The van der Waals surface area contributed by atoms with Crippen molar-refractivity contribution >= 4 is 33.2 Å². The van der Waals surface area contributed by atoms with Gasteiger partial charge in [0.2, 0.25) is 5.13 Å². The number of hydrogen-bond donors (Lipinski definition) is 1. The largest absolute Gasteiger partial charge is 0.325 e. The van der Waals surface area contributed by atoms with E-state index in [1.54, 1.807) is 22.2 Å². The van der Waals surface area contributed by atoms with Crippen LogP contribution in [0, 0.1) is 6.92 Å². The fraction of sp³-hybridized carbons (Fsp3) is 0.300. The zero-order valence-corrected chi connectivity index (χ0v) is 16.5. The summed E-state index contributed by atoms with van der Waals surface area (Å²) in [4.78, 5) is 16.5. The molecule has 0 amide bonds. The van der Waals surface area contributed by atoms with E-state index in [1.165, 1.54) is 31.5 Å². The fourth-order valence-corrected chi connectivity index (χ4v) is 4.31. The normalized spacial score (nSPS) is 14.8. The highest BCUT2D eigenvalue weighted by Gasteiger charge is 2.14. The van der Waals surface area contributed by atoms with Gasteiger partial charge >= 0.3 is 0 Å². The molecule has 0 radical (unpaired) electrons. The lowest BCUT2D eigenvalue weighted by Crippen LogP contribution is -2.20. The molecule has 8 heteroatoms. The summed E-state index contributed by atoms with van der Waals surface area (Å²) in [6, 6.07) is 7.98. The first-order valence-corrected chi connectivity index (χ1v) is 10.3. The third-order valence-corrected chi connectivity index (χ3v) is 5.99. The SMILES string of the molecule is Cc1ccc(Nc2cc3nc(-n4cccn4)sc3cn2)nc1CN1CCCC1. The average Bonchev–Trinajstić information content (AvgIpc) is 3.45. The number of aromatic nitrogens is 5. The smallest absolute Gasteiger partial charge is 0.211 e. The topological polar surface area (TPSA) is 71.8 Å². The van der Waals surface area contributed by atoms with E-state index >= 15 is 0 Å². The van der Waals surface area contributed by atoms with E-state index in [2.05, 4.69) is 38.3 Å². The molecule has 0 spiro atoms. The van der Waals surface area contributed by atoms with Crippen molar-refractivity contribution < 1.29 is 0 Å². The maximum absolute atomic E-state index is 4.83. The predicted octanol–water partition coefficient (Wildman–Crippen LogP) is 3.92. The predicted molar refractivity (Wildman–Crippen MR) is 111 cm³/mol. The maximum atomic E-state index is 4.83. The van der Waals surface area contributed by atoms with Crippen molar-refractivity contribution in [2.75, 3.05) is 18.4 Å². The van der Waals surface area contributed by atoms with Crippen molar-refractivity contribution in [3.05, 3.63) is 54.1 Å². The van der Waals surface area contributed by atoms with Crippen LogP contribution in [0.2, 0.25) is 0 Å². The molecular formula is C20H21N7S. The lowest BCUT2D eigenvalue weighted by molar-refractivity contribution is 0.326. The zero-order valence-electron chi connectivity index (χ0n) is 15.7. The molecule has 5 heterocycles. The standard InChI is InChI=1S/C20H21N7S/c1-14-5-6-18(23-16(14)13-26-8-2-3-9-26)25-19-11-15-17(12-21-19)28-20(24-15)27-10-4-7-22-27/h4-7,10-12H,2-3,8-9,13H2,1H3,(H,21,23,25). The Balaban J connectivity index is 1.38. The molecule has 1 N–H and O–H groups in total. The highest BCUT2D eigenvalue weighted by Crippen LogP contribution is 2.26. The molecule has 4 aromatic heterocycles. The average molecular weight is 392 g/mol. The van der Waals surface area contributed by atoms with Crippen LogP contribution in [0.25, 0.3) is 15.3 Å². The molecule has 1 aliphatic rings. The summed E-state index contributed by atoms with van der Waals surface area (Å²) in [5, 5.41) is 8.41. The minimum Gasteiger partial charge on any atom is -0.325 e. The van der Waals surface area contributed by atoms with Crippen molar-refractivity contribution in [1.82, 2.24) is 29.6 Å². The number of fused-ring (bicyclic) bond motifs is 1. The molecule has 1 fully saturated rings. The lowest BCUT2D eigenvalue weighted by Gasteiger charge is -2.16. The van der Waals surface area contributed by atoms with Crippen molar-refractivity contribution in [3.8, 4) is 5.13 Å². The Bertz CT molecular complexity index is 1100. The first-order chi connectivity index (χ1) is 13.7. The number of pyridine rings is 2. The maximum Gasteiger partial charge on any atom is 0.211 e. The highest BCUT2D eigenvalue weighted by molar-refractivity contribution is 7.20. The van der Waals surface area contributed by atoms with Crippen molar-refractivity contribution in [1.29, 1.82) is 0 Å². The summed E-state index contributed by atoms with van der Waals surface area (Å²) in [5.74, 6) is 1.56. The van der Waals surface area contributed by atoms with Crippen molar-refractivity contribution in [3.63, 3.8) is 0 Å². The van der Waals surface area contributed by atoms with Crippen LogP contribution in [0.5, 0.6) is 0 Å². The Labute approximate surface area is 167 Å². The van der Waals surface area contributed by atoms with Crippen LogP contribution in [0.3, 0.4) is 0 Å². The Morgan fingerprint density at radius 3 is 2.86 bits per heavy atom. The molecule has 1 saturated heterocycles. The Morgan fingerprint density at radius 2 is 2.04 bits per heavy atom. The summed E-state index contributed by atoms with van der Waals surface area (Å²) < 4.78 is 2.80. The van der Waals surface area contributed by atoms with E-state index in [4.69, 9.17) is 4.98 Å². The molecule has 0 atom stereocenters. The molecule has 1 aliphatic heterocycles. The zero-order chi connectivity index (χ0) is 18.9. The highest BCUT2D eigenvalue weighted by atomic mass is 32.1. The van der Waals surface area contributed by atoms with E-state index in [0.717, 1.165) is 39.2 Å². The summed E-state index contributed by atoms with van der Waals surface area (Å²) >= 11 is 1.57. The molecule has 5 rings (SSSR count). The van der Waals surface area contributed by atoms with Gasteiger partial charge in [-0.25, -0.2) is 19.6 Å². The third-order valence-electron chi connectivity index (χ3n) is 4.99.